The van der Waals surface area contributed by atoms with Crippen molar-refractivity contribution in [2.45, 2.75) is 6.54 Å². The van der Waals surface area contributed by atoms with Crippen molar-refractivity contribution in [1.29, 1.82) is 0 Å². The van der Waals surface area contributed by atoms with Crippen molar-refractivity contribution in [3.05, 3.63) is 84.8 Å². The van der Waals surface area contributed by atoms with Gasteiger partial charge in [-0.3, -0.25) is 4.98 Å². The third-order valence-electron chi connectivity index (χ3n) is 4.62. The van der Waals surface area contributed by atoms with Gasteiger partial charge in [0.25, 0.3) is 0 Å². The molecule has 0 aliphatic heterocycles. The van der Waals surface area contributed by atoms with Gasteiger partial charge >= 0.3 is 0 Å². The van der Waals surface area contributed by atoms with Crippen molar-refractivity contribution in [3.63, 3.8) is 0 Å². The second-order valence-corrected chi connectivity index (χ2v) is 6.49. The number of anilines is 1. The van der Waals surface area contributed by atoms with Gasteiger partial charge in [0.15, 0.2) is 5.82 Å². The van der Waals surface area contributed by atoms with Gasteiger partial charge in [-0.05, 0) is 29.3 Å². The molecule has 0 atom stereocenters. The van der Waals surface area contributed by atoms with E-state index in [-0.39, 0.29) is 0 Å². The van der Waals surface area contributed by atoms with Gasteiger partial charge in [-0.1, -0.05) is 48.5 Å². The first-order chi connectivity index (χ1) is 14.4. The third kappa shape index (κ3) is 3.41. The third-order valence-corrected chi connectivity index (χ3v) is 4.62. The maximum atomic E-state index is 4.77. The van der Waals surface area contributed by atoms with Crippen LogP contribution in [-0.4, -0.2) is 30.4 Å². The van der Waals surface area contributed by atoms with Gasteiger partial charge in [-0.25, -0.2) is 9.97 Å². The van der Waals surface area contributed by atoms with Crippen LogP contribution in [-0.2, 0) is 6.54 Å². The molecule has 5 aromatic rings. The zero-order valence-electron chi connectivity index (χ0n) is 15.4. The van der Waals surface area contributed by atoms with Crippen LogP contribution >= 0.6 is 0 Å². The number of benzene rings is 2. The molecule has 0 unspecified atom stereocenters. The highest BCUT2D eigenvalue weighted by atomic mass is 15.3. The van der Waals surface area contributed by atoms with Gasteiger partial charge < -0.3 is 5.32 Å². The largest absolute Gasteiger partial charge is 0.364 e. The summed E-state index contributed by atoms with van der Waals surface area (Å²) in [6, 6.07) is 22.2. The molecule has 0 aliphatic rings. The molecule has 0 aliphatic carbocycles. The zero-order valence-corrected chi connectivity index (χ0v) is 15.4. The SMILES string of the molecule is c1ccc(-c2cccc3nc(-c4cn[nH]n4)nc(NCc4ccccn4)c23)cc1. The van der Waals surface area contributed by atoms with Gasteiger partial charge in [0.05, 0.1) is 29.3 Å². The lowest BCUT2D eigenvalue weighted by Gasteiger charge is -2.13. The van der Waals surface area contributed by atoms with Crippen LogP contribution in [0.2, 0.25) is 0 Å². The summed E-state index contributed by atoms with van der Waals surface area (Å²) in [5.74, 6) is 1.25. The Bertz CT molecular complexity index is 1240. The smallest absolute Gasteiger partial charge is 0.184 e. The van der Waals surface area contributed by atoms with E-state index in [1.165, 1.54) is 0 Å². The molecule has 0 bridgehead atoms. The predicted molar refractivity (Wildman–Crippen MR) is 112 cm³/mol. The van der Waals surface area contributed by atoms with Crippen molar-refractivity contribution in [1.82, 2.24) is 30.4 Å². The molecule has 0 amide bonds. The van der Waals surface area contributed by atoms with Gasteiger partial charge in [0.2, 0.25) is 0 Å². The Morgan fingerprint density at radius 1 is 0.862 bits per heavy atom. The highest BCUT2D eigenvalue weighted by Crippen LogP contribution is 2.33. The normalized spacial score (nSPS) is 10.9. The Morgan fingerprint density at radius 3 is 2.55 bits per heavy atom. The molecule has 0 spiro atoms. The molecule has 7 heteroatoms. The van der Waals surface area contributed by atoms with E-state index in [0.717, 1.165) is 33.5 Å². The molecule has 7 nitrogen and oxygen atoms in total. The van der Waals surface area contributed by atoms with Gasteiger partial charge in [0, 0.05) is 6.20 Å². The van der Waals surface area contributed by atoms with Crippen LogP contribution in [0.3, 0.4) is 0 Å². The lowest BCUT2D eigenvalue weighted by Crippen LogP contribution is -2.06. The molecule has 3 heterocycles. The van der Waals surface area contributed by atoms with Crippen LogP contribution in [0.1, 0.15) is 5.69 Å². The summed E-state index contributed by atoms with van der Waals surface area (Å²) in [5, 5.41) is 15.0. The number of hydrogen-bond donors (Lipinski definition) is 2. The molecule has 0 fully saturated rings. The van der Waals surface area contributed by atoms with Crippen LogP contribution in [0.4, 0.5) is 5.82 Å². The highest BCUT2D eigenvalue weighted by Gasteiger charge is 2.15. The van der Waals surface area contributed by atoms with E-state index in [1.54, 1.807) is 12.4 Å². The second kappa shape index (κ2) is 7.47. The van der Waals surface area contributed by atoms with Crippen LogP contribution < -0.4 is 5.32 Å². The van der Waals surface area contributed by atoms with Crippen molar-refractivity contribution in [3.8, 4) is 22.6 Å². The Balaban J connectivity index is 1.68. The van der Waals surface area contributed by atoms with Gasteiger partial charge in [-0.15, -0.1) is 0 Å². The first-order valence-corrected chi connectivity index (χ1v) is 9.24. The maximum absolute atomic E-state index is 4.77. The molecule has 3 aromatic heterocycles. The summed E-state index contributed by atoms with van der Waals surface area (Å²) in [4.78, 5) is 13.9. The zero-order chi connectivity index (χ0) is 19.5. The standard InChI is InChI=1S/C22H17N7/c1-2-7-15(8-3-1)17-10-6-11-18-20(17)22(24-13-16-9-4-5-12-23-16)27-21(26-18)19-14-25-29-28-19/h1-12,14H,13H2,(H,24,26,27)(H,25,28,29). The Morgan fingerprint density at radius 2 is 1.76 bits per heavy atom. The molecule has 29 heavy (non-hydrogen) atoms. The van der Waals surface area contributed by atoms with E-state index in [4.69, 9.17) is 9.97 Å². The van der Waals surface area contributed by atoms with E-state index in [1.807, 2.05) is 48.5 Å². The summed E-state index contributed by atoms with van der Waals surface area (Å²) >= 11 is 0. The molecule has 0 saturated carbocycles. The average molecular weight is 379 g/mol. The van der Waals surface area contributed by atoms with Crippen LogP contribution in [0.25, 0.3) is 33.5 Å². The van der Waals surface area contributed by atoms with Crippen molar-refractivity contribution < 1.29 is 0 Å². The fourth-order valence-electron chi connectivity index (χ4n) is 3.27. The van der Waals surface area contributed by atoms with Gasteiger partial charge in [-0.2, -0.15) is 15.4 Å². The fourth-order valence-corrected chi connectivity index (χ4v) is 3.27. The number of nitrogens with one attached hydrogen (secondary N) is 2. The summed E-state index contributed by atoms with van der Waals surface area (Å²) in [7, 11) is 0. The Kier molecular flexibility index (Phi) is 4.38. The summed E-state index contributed by atoms with van der Waals surface area (Å²) < 4.78 is 0. The minimum absolute atomic E-state index is 0.514. The van der Waals surface area contributed by atoms with Crippen LogP contribution in [0.15, 0.2) is 79.1 Å². The number of fused-ring (bicyclic) bond motifs is 1. The molecule has 2 N–H and O–H groups in total. The maximum Gasteiger partial charge on any atom is 0.184 e. The molecule has 0 saturated heterocycles. The molecular formula is C22H17N7. The Hall–Kier alpha value is -4.13. The van der Waals surface area contributed by atoms with E-state index in [2.05, 4.69) is 43.9 Å². The monoisotopic (exact) mass is 379 g/mol. The van der Waals surface area contributed by atoms with E-state index >= 15 is 0 Å². The number of aromatic nitrogens is 6. The number of pyridine rings is 1. The molecule has 0 radical (unpaired) electrons. The molecule has 5 rings (SSSR count). The number of H-pyrrole nitrogens is 1. The summed E-state index contributed by atoms with van der Waals surface area (Å²) in [6.07, 6.45) is 3.40. The second-order valence-electron chi connectivity index (χ2n) is 6.49. The minimum Gasteiger partial charge on any atom is -0.364 e. The Labute approximate surface area is 166 Å². The van der Waals surface area contributed by atoms with Gasteiger partial charge in [0.1, 0.15) is 11.5 Å². The fraction of sp³-hybridized carbons (Fsp3) is 0.0455. The lowest BCUT2D eigenvalue weighted by atomic mass is 10.0. The minimum atomic E-state index is 0.514. The van der Waals surface area contributed by atoms with Crippen LogP contribution in [0, 0.1) is 0 Å². The topological polar surface area (TPSA) is 92.3 Å². The molecular weight excluding hydrogens is 362 g/mol. The number of aromatic amines is 1. The number of hydrogen-bond acceptors (Lipinski definition) is 6. The van der Waals surface area contributed by atoms with Crippen molar-refractivity contribution >= 4 is 16.7 Å². The van der Waals surface area contributed by atoms with Crippen molar-refractivity contribution in [2.75, 3.05) is 5.32 Å². The van der Waals surface area contributed by atoms with Crippen LogP contribution in [0.5, 0.6) is 0 Å². The molecule has 140 valence electrons. The molecule has 2 aromatic carbocycles. The van der Waals surface area contributed by atoms with E-state index < -0.39 is 0 Å². The summed E-state index contributed by atoms with van der Waals surface area (Å²) in [6.45, 7) is 0.550. The van der Waals surface area contributed by atoms with E-state index in [0.29, 0.717) is 18.1 Å². The summed E-state index contributed by atoms with van der Waals surface area (Å²) in [5.41, 5.74) is 4.54. The predicted octanol–water partition coefficient (Wildman–Crippen LogP) is 4.09. The van der Waals surface area contributed by atoms with Crippen molar-refractivity contribution in [2.24, 2.45) is 0 Å². The average Bonchev–Trinajstić information content (AvgIpc) is 3.33. The first-order valence-electron chi connectivity index (χ1n) is 9.24. The quantitative estimate of drug-likeness (QED) is 0.478. The van der Waals surface area contributed by atoms with E-state index in [9.17, 15) is 0 Å². The lowest BCUT2D eigenvalue weighted by molar-refractivity contribution is 0.938. The first kappa shape index (κ1) is 17.0. The highest BCUT2D eigenvalue weighted by molar-refractivity contribution is 6.02. The number of rotatable bonds is 5. The number of nitrogens with zero attached hydrogens (tertiary/aromatic N) is 5.